The number of nitrogens with one attached hydrogen (secondary N) is 3. The summed E-state index contributed by atoms with van der Waals surface area (Å²) in [6.45, 7) is 2.93. The van der Waals surface area contributed by atoms with Gasteiger partial charge in [-0.25, -0.2) is 0 Å². The molecule has 0 saturated carbocycles. The number of carbonyl (C=O) groups is 1. The Balaban J connectivity index is 1.93. The molecule has 1 amide bonds. The van der Waals surface area contributed by atoms with Crippen molar-refractivity contribution < 1.29 is 4.79 Å². The maximum Gasteiger partial charge on any atom is 0.254 e. The van der Waals surface area contributed by atoms with E-state index in [4.69, 9.17) is 0 Å². The third kappa shape index (κ3) is 2.50. The Morgan fingerprint density at radius 2 is 2.00 bits per heavy atom. The van der Waals surface area contributed by atoms with Crippen LogP contribution < -0.4 is 10.9 Å². The Morgan fingerprint density at radius 1 is 1.20 bits per heavy atom. The van der Waals surface area contributed by atoms with Crippen molar-refractivity contribution in [2.45, 2.75) is 0 Å². The summed E-state index contributed by atoms with van der Waals surface area (Å²) in [5, 5.41) is 3.20. The number of rotatable bonds is 2. The first-order valence-electron chi connectivity index (χ1n) is 6.61. The first-order valence-corrected chi connectivity index (χ1v) is 6.61. The first-order chi connectivity index (χ1) is 9.74. The topological polar surface area (TPSA) is 81.0 Å². The summed E-state index contributed by atoms with van der Waals surface area (Å²) >= 11 is 0. The fourth-order valence-corrected chi connectivity index (χ4v) is 2.36. The molecule has 1 fully saturated rings. The monoisotopic (exact) mass is 272 g/mol. The van der Waals surface area contributed by atoms with Crippen LogP contribution in [0.15, 0.2) is 35.4 Å². The van der Waals surface area contributed by atoms with Gasteiger partial charge in [0.2, 0.25) is 5.56 Å². The molecule has 0 spiro atoms. The number of carbonyl (C=O) groups excluding carboxylic acids is 1. The number of hydrogen-bond acceptors (Lipinski definition) is 3. The first kappa shape index (κ1) is 12.7. The number of nitrogens with zero attached hydrogens (tertiary/aromatic N) is 1. The van der Waals surface area contributed by atoms with E-state index in [1.54, 1.807) is 23.4 Å². The van der Waals surface area contributed by atoms with Crippen molar-refractivity contribution in [1.82, 2.24) is 20.2 Å². The second-order valence-electron chi connectivity index (χ2n) is 4.79. The number of amides is 1. The van der Waals surface area contributed by atoms with Crippen molar-refractivity contribution in [3.8, 4) is 11.3 Å². The molecular formula is C14H16N4O2. The molecule has 3 heterocycles. The highest BCUT2D eigenvalue weighted by molar-refractivity contribution is 5.95. The largest absolute Gasteiger partial charge is 0.367 e. The summed E-state index contributed by atoms with van der Waals surface area (Å²) in [6, 6.07) is 4.94. The van der Waals surface area contributed by atoms with Crippen LogP contribution in [0.5, 0.6) is 0 Å². The molecule has 2 aromatic heterocycles. The molecule has 1 saturated heterocycles. The van der Waals surface area contributed by atoms with Crippen LogP contribution in [0.3, 0.4) is 0 Å². The van der Waals surface area contributed by atoms with E-state index in [1.165, 1.54) is 6.07 Å². The average molecular weight is 272 g/mol. The van der Waals surface area contributed by atoms with E-state index < -0.39 is 0 Å². The van der Waals surface area contributed by atoms with Crippen LogP contribution in [0.1, 0.15) is 10.4 Å². The number of H-pyrrole nitrogens is 2. The van der Waals surface area contributed by atoms with Crippen molar-refractivity contribution in [2.24, 2.45) is 0 Å². The zero-order chi connectivity index (χ0) is 13.9. The van der Waals surface area contributed by atoms with Crippen LogP contribution in [0, 0.1) is 0 Å². The second kappa shape index (κ2) is 5.34. The van der Waals surface area contributed by atoms with Crippen LogP contribution >= 0.6 is 0 Å². The number of pyridine rings is 1. The molecule has 3 rings (SSSR count). The minimum atomic E-state index is -0.262. The van der Waals surface area contributed by atoms with E-state index in [-0.39, 0.29) is 11.5 Å². The molecule has 1 aliphatic rings. The molecule has 0 aliphatic carbocycles. The quantitative estimate of drug-likeness (QED) is 0.741. The molecule has 0 aromatic carbocycles. The van der Waals surface area contributed by atoms with Gasteiger partial charge in [-0.3, -0.25) is 9.59 Å². The molecule has 6 heteroatoms. The van der Waals surface area contributed by atoms with Crippen LogP contribution in [-0.2, 0) is 0 Å². The highest BCUT2D eigenvalue weighted by Gasteiger charge is 2.19. The Hall–Kier alpha value is -2.34. The number of aromatic nitrogens is 2. The standard InChI is InChI=1S/C14H16N4O2/c19-13-8-11(14(20)18-5-3-15-4-6-18)7-12(17-13)10-1-2-16-9-10/h1-2,7-9,15-16H,3-6H2,(H,17,19). The zero-order valence-electron chi connectivity index (χ0n) is 11.0. The Morgan fingerprint density at radius 3 is 2.70 bits per heavy atom. The van der Waals surface area contributed by atoms with E-state index in [2.05, 4.69) is 15.3 Å². The lowest BCUT2D eigenvalue weighted by atomic mass is 10.1. The number of hydrogen-bond donors (Lipinski definition) is 3. The van der Waals surface area contributed by atoms with Gasteiger partial charge in [0.25, 0.3) is 5.91 Å². The molecule has 20 heavy (non-hydrogen) atoms. The minimum Gasteiger partial charge on any atom is -0.367 e. The van der Waals surface area contributed by atoms with Crippen molar-refractivity contribution >= 4 is 5.91 Å². The summed E-state index contributed by atoms with van der Waals surface area (Å²) in [7, 11) is 0. The van der Waals surface area contributed by atoms with Crippen LogP contribution in [0.4, 0.5) is 0 Å². The van der Waals surface area contributed by atoms with Gasteiger partial charge in [0.1, 0.15) is 0 Å². The summed E-state index contributed by atoms with van der Waals surface area (Å²) in [6.07, 6.45) is 3.56. The van der Waals surface area contributed by atoms with Gasteiger partial charge in [-0.15, -0.1) is 0 Å². The van der Waals surface area contributed by atoms with Crippen molar-refractivity contribution in [2.75, 3.05) is 26.2 Å². The van der Waals surface area contributed by atoms with Gasteiger partial charge >= 0.3 is 0 Å². The maximum atomic E-state index is 12.4. The Bertz CT molecular complexity index is 654. The second-order valence-corrected chi connectivity index (χ2v) is 4.79. The Kier molecular flexibility index (Phi) is 3.39. The summed E-state index contributed by atoms with van der Waals surface area (Å²) < 4.78 is 0. The van der Waals surface area contributed by atoms with E-state index >= 15 is 0 Å². The lowest BCUT2D eigenvalue weighted by molar-refractivity contribution is 0.0735. The lowest BCUT2D eigenvalue weighted by Gasteiger charge is -2.27. The zero-order valence-corrected chi connectivity index (χ0v) is 11.0. The molecule has 0 radical (unpaired) electrons. The van der Waals surface area contributed by atoms with E-state index in [1.807, 2.05) is 6.07 Å². The molecule has 3 N–H and O–H groups in total. The third-order valence-corrected chi connectivity index (χ3v) is 3.40. The average Bonchev–Trinajstić information content (AvgIpc) is 3.01. The van der Waals surface area contributed by atoms with Crippen molar-refractivity contribution in [3.05, 3.63) is 46.5 Å². The minimum absolute atomic E-state index is 0.0885. The van der Waals surface area contributed by atoms with E-state index in [9.17, 15) is 9.59 Å². The fourth-order valence-electron chi connectivity index (χ4n) is 2.36. The molecule has 2 aromatic rings. The number of aromatic amines is 2. The molecule has 0 bridgehead atoms. The van der Waals surface area contributed by atoms with Crippen molar-refractivity contribution in [1.29, 1.82) is 0 Å². The van der Waals surface area contributed by atoms with Crippen molar-refractivity contribution in [3.63, 3.8) is 0 Å². The SMILES string of the molecule is O=C(c1cc(-c2cc[nH]c2)[nH]c(=O)c1)N1CCNCC1. The fraction of sp³-hybridized carbons (Fsp3) is 0.286. The van der Waals surface area contributed by atoms with Gasteiger partial charge in [-0.1, -0.05) is 0 Å². The third-order valence-electron chi connectivity index (χ3n) is 3.40. The van der Waals surface area contributed by atoms with Gasteiger partial charge < -0.3 is 20.2 Å². The van der Waals surface area contributed by atoms with Crippen LogP contribution in [0.25, 0.3) is 11.3 Å². The predicted octanol–water partition coefficient (Wildman–Crippen LogP) is 0.415. The van der Waals surface area contributed by atoms with Gasteiger partial charge in [0.15, 0.2) is 0 Å². The summed E-state index contributed by atoms with van der Waals surface area (Å²) in [4.78, 5) is 31.6. The maximum absolute atomic E-state index is 12.4. The molecule has 104 valence electrons. The predicted molar refractivity (Wildman–Crippen MR) is 75.6 cm³/mol. The molecule has 0 atom stereocenters. The smallest absolute Gasteiger partial charge is 0.254 e. The van der Waals surface area contributed by atoms with E-state index in [0.717, 1.165) is 18.7 Å². The normalized spacial score (nSPS) is 15.3. The van der Waals surface area contributed by atoms with Gasteiger partial charge in [-0.2, -0.15) is 0 Å². The highest BCUT2D eigenvalue weighted by atomic mass is 16.2. The summed E-state index contributed by atoms with van der Waals surface area (Å²) in [5.41, 5.74) is 1.68. The molecule has 0 unspecified atom stereocenters. The van der Waals surface area contributed by atoms with Gasteiger partial charge in [-0.05, 0) is 12.1 Å². The summed E-state index contributed by atoms with van der Waals surface area (Å²) in [5.74, 6) is -0.0885. The molecular weight excluding hydrogens is 256 g/mol. The van der Waals surface area contributed by atoms with E-state index in [0.29, 0.717) is 24.3 Å². The molecule has 1 aliphatic heterocycles. The Labute approximate surface area is 115 Å². The van der Waals surface area contributed by atoms with Crippen LogP contribution in [0.2, 0.25) is 0 Å². The lowest BCUT2D eigenvalue weighted by Crippen LogP contribution is -2.46. The van der Waals surface area contributed by atoms with Gasteiger partial charge in [0.05, 0.1) is 5.69 Å². The van der Waals surface area contributed by atoms with Gasteiger partial charge in [0, 0.05) is 55.8 Å². The molecule has 6 nitrogen and oxygen atoms in total. The van der Waals surface area contributed by atoms with Crippen LogP contribution in [-0.4, -0.2) is 47.0 Å². The number of piperazine rings is 1. The highest BCUT2D eigenvalue weighted by Crippen LogP contribution is 2.16.